The summed E-state index contributed by atoms with van der Waals surface area (Å²) < 4.78 is 1.72. The van der Waals surface area contributed by atoms with E-state index < -0.39 is 0 Å². The summed E-state index contributed by atoms with van der Waals surface area (Å²) in [5, 5.41) is 5.08. The Kier molecular flexibility index (Phi) is 4.55. The summed E-state index contributed by atoms with van der Waals surface area (Å²) in [6.45, 7) is 5.89. The number of nitrogen functional groups attached to an aromatic ring is 1. The number of nitrogens with zero attached hydrogens (tertiary/aromatic N) is 3. The Morgan fingerprint density at radius 2 is 1.95 bits per heavy atom. The summed E-state index contributed by atoms with van der Waals surface area (Å²) >= 11 is 6.32. The fourth-order valence-electron chi connectivity index (χ4n) is 2.30. The molecule has 20 heavy (non-hydrogen) atoms. The van der Waals surface area contributed by atoms with E-state index >= 15 is 0 Å². The third kappa shape index (κ3) is 3.07. The molecular formula is C15H21ClN4. The van der Waals surface area contributed by atoms with Gasteiger partial charge >= 0.3 is 0 Å². The maximum atomic E-state index is 6.32. The Labute approximate surface area is 125 Å². The van der Waals surface area contributed by atoms with Crippen LogP contribution in [0, 0.1) is 6.92 Å². The predicted molar refractivity (Wildman–Crippen MR) is 85.2 cm³/mol. The van der Waals surface area contributed by atoms with Crippen molar-refractivity contribution >= 4 is 23.0 Å². The van der Waals surface area contributed by atoms with E-state index in [9.17, 15) is 0 Å². The van der Waals surface area contributed by atoms with E-state index in [0.29, 0.717) is 5.15 Å². The van der Waals surface area contributed by atoms with E-state index in [-0.39, 0.29) is 0 Å². The number of hydrogen-bond donors (Lipinski definition) is 1. The zero-order valence-corrected chi connectivity index (χ0v) is 13.0. The van der Waals surface area contributed by atoms with Gasteiger partial charge < -0.3 is 10.6 Å². The summed E-state index contributed by atoms with van der Waals surface area (Å²) in [6, 6.07) is 7.95. The molecule has 0 aliphatic carbocycles. The molecule has 0 unspecified atom stereocenters. The molecule has 0 saturated carbocycles. The molecule has 4 nitrogen and oxygen atoms in total. The number of nitrogens with two attached hydrogens (primary N) is 1. The Morgan fingerprint density at radius 1 is 1.30 bits per heavy atom. The minimum Gasteiger partial charge on any atom is -0.399 e. The molecule has 0 amide bonds. The standard InChI is InChI=1S/C15H21ClN4/c1-4-9-20(13-7-5-12(17)6-8-13)10-14-11(2)18-19(3)15(14)16/h5-8H,4,9-10,17H2,1-3H3. The Bertz CT molecular complexity index is 574. The van der Waals surface area contributed by atoms with Gasteiger partial charge in [0.15, 0.2) is 0 Å². The van der Waals surface area contributed by atoms with Crippen LogP contribution in [0.3, 0.4) is 0 Å². The second kappa shape index (κ2) is 6.18. The van der Waals surface area contributed by atoms with E-state index in [2.05, 4.69) is 16.9 Å². The quantitative estimate of drug-likeness (QED) is 0.860. The molecule has 0 saturated heterocycles. The zero-order chi connectivity index (χ0) is 14.7. The predicted octanol–water partition coefficient (Wildman–Crippen LogP) is 3.38. The van der Waals surface area contributed by atoms with E-state index in [0.717, 1.165) is 42.1 Å². The highest BCUT2D eigenvalue weighted by Crippen LogP contribution is 2.24. The van der Waals surface area contributed by atoms with Crippen molar-refractivity contribution in [3.63, 3.8) is 0 Å². The fraction of sp³-hybridized carbons (Fsp3) is 0.400. The first kappa shape index (κ1) is 14.7. The molecule has 1 aromatic heterocycles. The number of halogens is 1. The lowest BCUT2D eigenvalue weighted by molar-refractivity contribution is 0.755. The molecule has 0 radical (unpaired) electrons. The van der Waals surface area contributed by atoms with Crippen LogP contribution in [0.15, 0.2) is 24.3 Å². The minimum atomic E-state index is 0.707. The van der Waals surface area contributed by atoms with Crippen molar-refractivity contribution in [3.05, 3.63) is 40.7 Å². The molecule has 0 bridgehead atoms. The van der Waals surface area contributed by atoms with Gasteiger partial charge in [0.2, 0.25) is 0 Å². The molecule has 1 heterocycles. The first-order valence-corrected chi connectivity index (χ1v) is 7.19. The van der Waals surface area contributed by atoms with E-state index in [1.54, 1.807) is 4.68 Å². The Morgan fingerprint density at radius 3 is 2.45 bits per heavy atom. The molecule has 108 valence electrons. The molecular weight excluding hydrogens is 272 g/mol. The molecule has 2 rings (SSSR count). The third-order valence-electron chi connectivity index (χ3n) is 3.37. The van der Waals surface area contributed by atoms with Crippen LogP contribution in [0.5, 0.6) is 0 Å². The van der Waals surface area contributed by atoms with Crippen LogP contribution in [0.4, 0.5) is 11.4 Å². The van der Waals surface area contributed by atoms with Gasteiger partial charge in [-0.2, -0.15) is 5.10 Å². The number of aryl methyl sites for hydroxylation is 2. The smallest absolute Gasteiger partial charge is 0.131 e. The van der Waals surface area contributed by atoms with Crippen molar-refractivity contribution in [1.29, 1.82) is 0 Å². The van der Waals surface area contributed by atoms with Crippen LogP contribution in [-0.2, 0) is 13.6 Å². The van der Waals surface area contributed by atoms with Gasteiger partial charge in [0.05, 0.1) is 5.69 Å². The Balaban J connectivity index is 2.27. The molecule has 1 aromatic carbocycles. The van der Waals surface area contributed by atoms with E-state index in [1.807, 2.05) is 38.2 Å². The van der Waals surface area contributed by atoms with Gasteiger partial charge in [0.1, 0.15) is 5.15 Å². The lowest BCUT2D eigenvalue weighted by Crippen LogP contribution is -2.23. The zero-order valence-electron chi connectivity index (χ0n) is 12.2. The first-order chi connectivity index (χ1) is 9.52. The van der Waals surface area contributed by atoms with Gasteiger partial charge in [0.25, 0.3) is 0 Å². The average molecular weight is 293 g/mol. The summed E-state index contributed by atoms with van der Waals surface area (Å²) in [4.78, 5) is 2.30. The van der Waals surface area contributed by atoms with Crippen molar-refractivity contribution in [2.24, 2.45) is 7.05 Å². The maximum Gasteiger partial charge on any atom is 0.131 e. The number of aromatic nitrogens is 2. The Hall–Kier alpha value is -1.68. The number of rotatable bonds is 5. The van der Waals surface area contributed by atoms with Crippen LogP contribution < -0.4 is 10.6 Å². The molecule has 2 aromatic rings. The monoisotopic (exact) mass is 292 g/mol. The largest absolute Gasteiger partial charge is 0.399 e. The number of anilines is 2. The van der Waals surface area contributed by atoms with Crippen molar-refractivity contribution in [2.75, 3.05) is 17.2 Å². The van der Waals surface area contributed by atoms with Gasteiger partial charge in [-0.1, -0.05) is 18.5 Å². The summed E-state index contributed by atoms with van der Waals surface area (Å²) in [6.07, 6.45) is 1.07. The lowest BCUT2D eigenvalue weighted by atomic mass is 10.2. The van der Waals surface area contributed by atoms with E-state index in [1.165, 1.54) is 0 Å². The van der Waals surface area contributed by atoms with Crippen LogP contribution in [0.25, 0.3) is 0 Å². The van der Waals surface area contributed by atoms with E-state index in [4.69, 9.17) is 17.3 Å². The summed E-state index contributed by atoms with van der Waals surface area (Å²) in [5.41, 5.74) is 9.75. The first-order valence-electron chi connectivity index (χ1n) is 6.81. The molecule has 0 aliphatic rings. The molecule has 5 heteroatoms. The van der Waals surface area contributed by atoms with Crippen LogP contribution in [0.2, 0.25) is 5.15 Å². The fourth-order valence-corrected chi connectivity index (χ4v) is 2.53. The molecule has 0 aliphatic heterocycles. The molecule has 0 spiro atoms. The SMILES string of the molecule is CCCN(Cc1c(C)nn(C)c1Cl)c1ccc(N)cc1. The summed E-state index contributed by atoms with van der Waals surface area (Å²) in [7, 11) is 1.87. The van der Waals surface area contributed by atoms with Crippen molar-refractivity contribution < 1.29 is 0 Å². The highest BCUT2D eigenvalue weighted by molar-refractivity contribution is 6.30. The summed E-state index contributed by atoms with van der Waals surface area (Å²) in [5.74, 6) is 0. The molecule has 0 fully saturated rings. The normalized spacial score (nSPS) is 10.8. The number of benzene rings is 1. The minimum absolute atomic E-state index is 0.707. The average Bonchev–Trinajstić information content (AvgIpc) is 2.65. The van der Waals surface area contributed by atoms with Gasteiger partial charge in [-0.05, 0) is 37.6 Å². The second-order valence-corrected chi connectivity index (χ2v) is 5.35. The lowest BCUT2D eigenvalue weighted by Gasteiger charge is -2.24. The van der Waals surface area contributed by atoms with Gasteiger partial charge in [0, 0.05) is 37.1 Å². The third-order valence-corrected chi connectivity index (χ3v) is 3.84. The maximum absolute atomic E-state index is 6.32. The molecule has 2 N–H and O–H groups in total. The van der Waals surface area contributed by atoms with Crippen molar-refractivity contribution in [3.8, 4) is 0 Å². The number of hydrogen-bond acceptors (Lipinski definition) is 3. The highest BCUT2D eigenvalue weighted by Gasteiger charge is 2.15. The highest BCUT2D eigenvalue weighted by atomic mass is 35.5. The topological polar surface area (TPSA) is 47.1 Å². The van der Waals surface area contributed by atoms with Gasteiger partial charge in [-0.25, -0.2) is 0 Å². The molecule has 0 atom stereocenters. The van der Waals surface area contributed by atoms with Crippen molar-refractivity contribution in [1.82, 2.24) is 9.78 Å². The van der Waals surface area contributed by atoms with Crippen LogP contribution in [0.1, 0.15) is 24.6 Å². The van der Waals surface area contributed by atoms with Crippen LogP contribution in [-0.4, -0.2) is 16.3 Å². The van der Waals surface area contributed by atoms with Gasteiger partial charge in [-0.3, -0.25) is 4.68 Å². The van der Waals surface area contributed by atoms with Crippen molar-refractivity contribution in [2.45, 2.75) is 26.8 Å². The van der Waals surface area contributed by atoms with Gasteiger partial charge in [-0.15, -0.1) is 0 Å². The second-order valence-electron chi connectivity index (χ2n) is 4.99. The van der Waals surface area contributed by atoms with Crippen LogP contribution >= 0.6 is 11.6 Å².